The van der Waals surface area contributed by atoms with E-state index in [-0.39, 0.29) is 18.1 Å². The summed E-state index contributed by atoms with van der Waals surface area (Å²) in [6.07, 6.45) is 8.49. The SMILES string of the molecule is O=C(Cn1c(=O)n(C2=CCCCC2)c2ccccc21)NC1CC1. The molecule has 2 aromatic rings. The van der Waals surface area contributed by atoms with Crippen molar-refractivity contribution in [3.63, 3.8) is 0 Å². The van der Waals surface area contributed by atoms with Gasteiger partial charge in [-0.05, 0) is 50.7 Å². The Labute approximate surface area is 134 Å². The zero-order valence-corrected chi connectivity index (χ0v) is 13.1. The summed E-state index contributed by atoms with van der Waals surface area (Å²) in [6.45, 7) is 0.0934. The zero-order valence-electron chi connectivity index (χ0n) is 13.1. The van der Waals surface area contributed by atoms with Gasteiger partial charge in [0, 0.05) is 11.7 Å². The Morgan fingerprint density at radius 1 is 1.17 bits per heavy atom. The molecule has 1 fully saturated rings. The Kier molecular flexibility index (Phi) is 3.56. The van der Waals surface area contributed by atoms with Gasteiger partial charge in [0.05, 0.1) is 11.0 Å². The quantitative estimate of drug-likeness (QED) is 0.943. The maximum Gasteiger partial charge on any atom is 0.333 e. The molecule has 1 heterocycles. The predicted octanol–water partition coefficient (Wildman–Crippen LogP) is 2.50. The van der Waals surface area contributed by atoms with E-state index < -0.39 is 0 Å². The molecule has 2 aliphatic carbocycles. The lowest BCUT2D eigenvalue weighted by Crippen LogP contribution is -2.34. The molecule has 1 N–H and O–H groups in total. The highest BCUT2D eigenvalue weighted by molar-refractivity contribution is 5.83. The van der Waals surface area contributed by atoms with Crippen molar-refractivity contribution in [1.29, 1.82) is 0 Å². The molecular weight excluding hydrogens is 290 g/mol. The number of para-hydroxylation sites is 2. The number of hydrogen-bond acceptors (Lipinski definition) is 2. The number of benzene rings is 1. The first-order valence-electron chi connectivity index (χ1n) is 8.43. The zero-order chi connectivity index (χ0) is 15.8. The molecule has 1 amide bonds. The molecule has 0 saturated heterocycles. The van der Waals surface area contributed by atoms with E-state index >= 15 is 0 Å². The van der Waals surface area contributed by atoms with Gasteiger partial charge in [-0.3, -0.25) is 13.9 Å². The topological polar surface area (TPSA) is 56.0 Å². The van der Waals surface area contributed by atoms with Crippen LogP contribution < -0.4 is 11.0 Å². The summed E-state index contributed by atoms with van der Waals surface area (Å²) in [5.74, 6) is -0.0740. The van der Waals surface area contributed by atoms with E-state index in [1.807, 2.05) is 24.3 Å². The number of amides is 1. The number of aromatic nitrogens is 2. The molecule has 0 spiro atoms. The molecule has 23 heavy (non-hydrogen) atoms. The van der Waals surface area contributed by atoms with Crippen LogP contribution in [0.25, 0.3) is 16.7 Å². The van der Waals surface area contributed by atoms with Crippen molar-refractivity contribution < 1.29 is 4.79 Å². The summed E-state index contributed by atoms with van der Waals surface area (Å²) in [5, 5.41) is 2.96. The van der Waals surface area contributed by atoms with Crippen LogP contribution in [0.1, 0.15) is 38.5 Å². The van der Waals surface area contributed by atoms with E-state index in [1.165, 1.54) is 6.42 Å². The number of nitrogens with zero attached hydrogens (tertiary/aromatic N) is 2. The maximum absolute atomic E-state index is 12.9. The minimum Gasteiger partial charge on any atom is -0.352 e. The van der Waals surface area contributed by atoms with E-state index in [4.69, 9.17) is 0 Å². The average Bonchev–Trinajstić information content (AvgIpc) is 3.33. The van der Waals surface area contributed by atoms with Gasteiger partial charge in [0.1, 0.15) is 6.54 Å². The van der Waals surface area contributed by atoms with E-state index in [0.29, 0.717) is 6.04 Å². The third-order valence-electron chi connectivity index (χ3n) is 4.63. The van der Waals surface area contributed by atoms with Crippen molar-refractivity contribution in [2.45, 2.75) is 51.1 Å². The average molecular weight is 311 g/mol. The van der Waals surface area contributed by atoms with Gasteiger partial charge in [0.2, 0.25) is 5.91 Å². The van der Waals surface area contributed by atoms with Crippen LogP contribution in [-0.2, 0) is 11.3 Å². The maximum atomic E-state index is 12.9. The highest BCUT2D eigenvalue weighted by Gasteiger charge is 2.24. The number of imidazole rings is 1. The lowest BCUT2D eigenvalue weighted by Gasteiger charge is -2.13. The molecule has 4 rings (SSSR count). The second-order valence-corrected chi connectivity index (χ2v) is 6.48. The van der Waals surface area contributed by atoms with Crippen molar-refractivity contribution in [3.8, 4) is 0 Å². The van der Waals surface area contributed by atoms with Crippen molar-refractivity contribution in [2.75, 3.05) is 0 Å². The first kappa shape index (κ1) is 14.3. The van der Waals surface area contributed by atoms with E-state index in [9.17, 15) is 9.59 Å². The van der Waals surface area contributed by atoms with Gasteiger partial charge in [-0.25, -0.2) is 4.79 Å². The van der Waals surface area contributed by atoms with Crippen molar-refractivity contribution in [3.05, 3.63) is 40.8 Å². The number of carbonyl (C=O) groups excluding carboxylic acids is 1. The van der Waals surface area contributed by atoms with E-state index in [0.717, 1.165) is 48.8 Å². The lowest BCUT2D eigenvalue weighted by molar-refractivity contribution is -0.121. The monoisotopic (exact) mass is 311 g/mol. The number of hydrogen-bond donors (Lipinski definition) is 1. The van der Waals surface area contributed by atoms with Crippen LogP contribution in [0.2, 0.25) is 0 Å². The highest BCUT2D eigenvalue weighted by Crippen LogP contribution is 2.25. The van der Waals surface area contributed by atoms with Crippen LogP contribution in [0, 0.1) is 0 Å². The standard InChI is InChI=1S/C18H21N3O2/c22-17(19-13-10-11-13)12-20-15-8-4-5-9-16(15)21(18(20)23)14-6-2-1-3-7-14/h4-6,8-9,13H,1-3,7,10-12H2,(H,19,22). The molecule has 5 nitrogen and oxygen atoms in total. The molecule has 0 aliphatic heterocycles. The van der Waals surface area contributed by atoms with Gasteiger partial charge in [0.25, 0.3) is 0 Å². The number of nitrogens with one attached hydrogen (secondary N) is 1. The van der Waals surface area contributed by atoms with Crippen LogP contribution in [0.4, 0.5) is 0 Å². The van der Waals surface area contributed by atoms with Crippen molar-refractivity contribution in [2.24, 2.45) is 0 Å². The molecule has 0 atom stereocenters. The number of allylic oxidation sites excluding steroid dienone is 2. The third kappa shape index (κ3) is 2.71. The third-order valence-corrected chi connectivity index (χ3v) is 4.63. The Morgan fingerprint density at radius 3 is 2.65 bits per heavy atom. The largest absolute Gasteiger partial charge is 0.352 e. The van der Waals surface area contributed by atoms with Crippen molar-refractivity contribution >= 4 is 22.6 Å². The number of fused-ring (bicyclic) bond motifs is 1. The molecule has 2 aliphatic rings. The molecule has 1 saturated carbocycles. The minimum atomic E-state index is -0.106. The molecule has 0 bridgehead atoms. The highest BCUT2D eigenvalue weighted by atomic mass is 16.2. The fourth-order valence-electron chi connectivity index (χ4n) is 3.31. The summed E-state index contributed by atoms with van der Waals surface area (Å²) >= 11 is 0. The first-order chi connectivity index (χ1) is 11.2. The smallest absolute Gasteiger partial charge is 0.333 e. The van der Waals surface area contributed by atoms with Gasteiger partial charge < -0.3 is 5.32 Å². The molecule has 0 radical (unpaired) electrons. The summed E-state index contributed by atoms with van der Waals surface area (Å²) in [6, 6.07) is 8.04. The number of rotatable bonds is 4. The van der Waals surface area contributed by atoms with Crippen LogP contribution in [0.15, 0.2) is 35.1 Å². The van der Waals surface area contributed by atoms with Crippen LogP contribution >= 0.6 is 0 Å². The Morgan fingerprint density at radius 2 is 1.96 bits per heavy atom. The van der Waals surface area contributed by atoms with Gasteiger partial charge in [0.15, 0.2) is 0 Å². The Balaban J connectivity index is 1.77. The predicted molar refractivity (Wildman–Crippen MR) is 90.1 cm³/mol. The van der Waals surface area contributed by atoms with Gasteiger partial charge in [-0.15, -0.1) is 0 Å². The molecule has 0 unspecified atom stereocenters. The fraction of sp³-hybridized carbons (Fsp3) is 0.444. The van der Waals surface area contributed by atoms with Crippen LogP contribution in [0.5, 0.6) is 0 Å². The molecule has 1 aromatic carbocycles. The first-order valence-corrected chi connectivity index (χ1v) is 8.43. The van der Waals surface area contributed by atoms with Crippen LogP contribution in [-0.4, -0.2) is 21.1 Å². The lowest BCUT2D eigenvalue weighted by atomic mass is 10.0. The van der Waals surface area contributed by atoms with Crippen molar-refractivity contribution in [1.82, 2.24) is 14.5 Å². The van der Waals surface area contributed by atoms with E-state index in [2.05, 4.69) is 11.4 Å². The molecule has 1 aromatic heterocycles. The van der Waals surface area contributed by atoms with Gasteiger partial charge in [-0.2, -0.15) is 0 Å². The second-order valence-electron chi connectivity index (χ2n) is 6.48. The fourth-order valence-corrected chi connectivity index (χ4v) is 3.31. The molecule has 5 heteroatoms. The summed E-state index contributed by atoms with van der Waals surface area (Å²) in [7, 11) is 0. The normalized spacial score (nSPS) is 18.0. The second kappa shape index (κ2) is 5.72. The van der Waals surface area contributed by atoms with Gasteiger partial charge >= 0.3 is 5.69 Å². The Hall–Kier alpha value is -2.30. The number of carbonyl (C=O) groups is 1. The summed E-state index contributed by atoms with van der Waals surface area (Å²) in [5.41, 5.74) is 2.68. The molecular formula is C18H21N3O2. The van der Waals surface area contributed by atoms with Crippen LogP contribution in [0.3, 0.4) is 0 Å². The summed E-state index contributed by atoms with van der Waals surface area (Å²) < 4.78 is 3.39. The molecule has 120 valence electrons. The Bertz CT molecular complexity index is 840. The summed E-state index contributed by atoms with van der Waals surface area (Å²) in [4.78, 5) is 25.1. The van der Waals surface area contributed by atoms with E-state index in [1.54, 1.807) is 9.13 Å². The van der Waals surface area contributed by atoms with Gasteiger partial charge in [-0.1, -0.05) is 18.2 Å². The minimum absolute atomic E-state index is 0.0740.